The van der Waals surface area contributed by atoms with Crippen molar-refractivity contribution in [2.75, 3.05) is 26.2 Å². The van der Waals surface area contributed by atoms with Crippen LogP contribution in [0.3, 0.4) is 0 Å². The SMILES string of the molecule is CC1CCN(CC[C@H]2CCCN2S(=O)(=O)c2ccc([18F])cc2)CC1. The Bertz CT molecular complexity index is 639. The molecule has 24 heavy (non-hydrogen) atoms. The highest BCUT2D eigenvalue weighted by atomic mass is 32.2. The van der Waals surface area contributed by atoms with Crippen molar-refractivity contribution in [3.63, 3.8) is 0 Å². The molecule has 0 N–H and O–H groups in total. The standard InChI is InChI=1S/C18H27FN2O2S/c1-15-8-12-20(13-9-15)14-10-17-3-2-11-21(17)24(22,23)18-6-4-16(19)5-7-18/h4-7,15,17H,2-3,8-14H2,1H3/t17-/m1/s1/i19-1. The van der Waals surface area contributed by atoms with Gasteiger partial charge in [-0.25, -0.2) is 12.8 Å². The quantitative estimate of drug-likeness (QED) is 0.817. The van der Waals surface area contributed by atoms with Gasteiger partial charge in [0.2, 0.25) is 10.0 Å². The van der Waals surface area contributed by atoms with Crippen molar-refractivity contribution < 1.29 is 12.8 Å². The monoisotopic (exact) mass is 353 g/mol. The van der Waals surface area contributed by atoms with Crippen LogP contribution in [0, 0.1) is 11.7 Å². The van der Waals surface area contributed by atoms with Crippen LogP contribution in [0.25, 0.3) is 0 Å². The lowest BCUT2D eigenvalue weighted by atomic mass is 9.99. The van der Waals surface area contributed by atoms with Crippen molar-refractivity contribution in [2.24, 2.45) is 5.92 Å². The first-order valence-corrected chi connectivity index (χ1v) is 10.4. The molecule has 4 nitrogen and oxygen atoms in total. The molecule has 0 amide bonds. The van der Waals surface area contributed by atoms with E-state index in [0.717, 1.165) is 44.8 Å². The largest absolute Gasteiger partial charge is 0.303 e. The molecular formula is C18H27FN2O2S. The Kier molecular flexibility index (Phi) is 5.57. The van der Waals surface area contributed by atoms with E-state index in [1.165, 1.54) is 37.1 Å². The minimum absolute atomic E-state index is 0.0689. The number of hydrogen-bond donors (Lipinski definition) is 0. The molecule has 0 bridgehead atoms. The van der Waals surface area contributed by atoms with Crippen LogP contribution in [0.2, 0.25) is 0 Å². The van der Waals surface area contributed by atoms with Crippen LogP contribution < -0.4 is 0 Å². The van der Waals surface area contributed by atoms with Gasteiger partial charge in [0, 0.05) is 12.6 Å². The summed E-state index contributed by atoms with van der Waals surface area (Å²) in [7, 11) is -3.52. The smallest absolute Gasteiger partial charge is 0.243 e. The van der Waals surface area contributed by atoms with Gasteiger partial charge in [-0.3, -0.25) is 0 Å². The number of nitrogens with zero attached hydrogens (tertiary/aromatic N) is 2. The number of sulfonamides is 1. The lowest BCUT2D eigenvalue weighted by Crippen LogP contribution is -2.40. The lowest BCUT2D eigenvalue weighted by molar-refractivity contribution is 0.179. The number of benzene rings is 1. The number of rotatable bonds is 5. The highest BCUT2D eigenvalue weighted by Gasteiger charge is 2.35. The summed E-state index contributed by atoms with van der Waals surface area (Å²) in [5.41, 5.74) is 0. The molecule has 0 unspecified atom stereocenters. The van der Waals surface area contributed by atoms with Gasteiger partial charge in [-0.1, -0.05) is 6.92 Å². The van der Waals surface area contributed by atoms with E-state index in [2.05, 4.69) is 11.8 Å². The van der Waals surface area contributed by atoms with E-state index < -0.39 is 15.8 Å². The fraction of sp³-hybridized carbons (Fsp3) is 0.667. The second-order valence-electron chi connectivity index (χ2n) is 7.18. The Morgan fingerprint density at radius 1 is 1.08 bits per heavy atom. The zero-order valence-electron chi connectivity index (χ0n) is 14.3. The molecule has 3 rings (SSSR count). The second kappa shape index (κ2) is 7.50. The van der Waals surface area contributed by atoms with Crippen LogP contribution in [-0.4, -0.2) is 49.8 Å². The Balaban J connectivity index is 1.63. The third kappa shape index (κ3) is 3.98. The van der Waals surface area contributed by atoms with E-state index in [4.69, 9.17) is 0 Å². The average Bonchev–Trinajstić information content (AvgIpc) is 3.04. The number of piperidine rings is 1. The number of halogens is 1. The Hall–Kier alpha value is -0.980. The fourth-order valence-corrected chi connectivity index (χ4v) is 5.50. The van der Waals surface area contributed by atoms with Crippen LogP contribution in [0.5, 0.6) is 0 Å². The highest BCUT2D eigenvalue weighted by Crippen LogP contribution is 2.28. The Labute approximate surface area is 144 Å². The molecule has 2 saturated heterocycles. The van der Waals surface area contributed by atoms with Crippen molar-refractivity contribution in [3.05, 3.63) is 30.1 Å². The predicted molar refractivity (Wildman–Crippen MR) is 92.8 cm³/mol. The van der Waals surface area contributed by atoms with E-state index in [1.807, 2.05) is 0 Å². The van der Waals surface area contributed by atoms with Gasteiger partial charge in [-0.15, -0.1) is 0 Å². The number of likely N-dealkylation sites (tertiary alicyclic amines) is 1. The molecule has 2 aliphatic heterocycles. The summed E-state index contributed by atoms with van der Waals surface area (Å²) in [6.07, 6.45) is 5.19. The Morgan fingerprint density at radius 2 is 1.75 bits per heavy atom. The normalized spacial score (nSPS) is 24.5. The summed E-state index contributed by atoms with van der Waals surface area (Å²) in [6.45, 7) is 6.08. The van der Waals surface area contributed by atoms with Crippen LogP contribution in [0.1, 0.15) is 39.0 Å². The second-order valence-corrected chi connectivity index (χ2v) is 9.07. The van der Waals surface area contributed by atoms with E-state index >= 15 is 0 Å². The van der Waals surface area contributed by atoms with E-state index in [1.54, 1.807) is 4.31 Å². The molecule has 0 aliphatic carbocycles. The third-order valence-electron chi connectivity index (χ3n) is 5.40. The van der Waals surface area contributed by atoms with Gasteiger partial charge < -0.3 is 4.90 Å². The minimum Gasteiger partial charge on any atom is -0.303 e. The van der Waals surface area contributed by atoms with Crippen molar-refractivity contribution >= 4 is 10.0 Å². The van der Waals surface area contributed by atoms with Crippen molar-refractivity contribution in [1.82, 2.24) is 9.21 Å². The van der Waals surface area contributed by atoms with Gasteiger partial charge in [-0.05, 0) is 81.9 Å². The topological polar surface area (TPSA) is 40.6 Å². The van der Waals surface area contributed by atoms with Gasteiger partial charge in [0.1, 0.15) is 5.82 Å². The molecule has 2 aliphatic rings. The third-order valence-corrected chi connectivity index (χ3v) is 7.36. The summed E-state index contributed by atoms with van der Waals surface area (Å²) in [6, 6.07) is 5.23. The van der Waals surface area contributed by atoms with Crippen LogP contribution in [0.4, 0.5) is 4.39 Å². The maximum absolute atomic E-state index is 13.1. The molecule has 0 radical (unpaired) electrons. The molecule has 2 heterocycles. The van der Waals surface area contributed by atoms with Gasteiger partial charge in [0.15, 0.2) is 0 Å². The fourth-order valence-electron chi connectivity index (χ4n) is 3.77. The summed E-state index contributed by atoms with van der Waals surface area (Å²) >= 11 is 0. The van der Waals surface area contributed by atoms with E-state index in [9.17, 15) is 12.8 Å². The lowest BCUT2D eigenvalue weighted by Gasteiger charge is -2.32. The summed E-state index contributed by atoms with van der Waals surface area (Å²) in [5.74, 6) is 0.398. The zero-order chi connectivity index (χ0) is 17.2. The van der Waals surface area contributed by atoms with Crippen molar-refractivity contribution in [3.8, 4) is 0 Å². The molecule has 0 spiro atoms. The zero-order valence-corrected chi connectivity index (χ0v) is 15.1. The summed E-state index contributed by atoms with van der Waals surface area (Å²) < 4.78 is 40.4. The minimum atomic E-state index is -3.52. The molecule has 0 saturated carbocycles. The van der Waals surface area contributed by atoms with Gasteiger partial charge in [0.25, 0.3) is 0 Å². The first-order valence-electron chi connectivity index (χ1n) is 8.96. The molecular weight excluding hydrogens is 326 g/mol. The molecule has 2 fully saturated rings. The van der Waals surface area contributed by atoms with E-state index in [-0.39, 0.29) is 10.9 Å². The van der Waals surface area contributed by atoms with Gasteiger partial charge in [0.05, 0.1) is 4.90 Å². The summed E-state index contributed by atoms with van der Waals surface area (Å²) in [4.78, 5) is 2.66. The predicted octanol–water partition coefficient (Wildman–Crippen LogP) is 3.10. The molecule has 134 valence electrons. The van der Waals surface area contributed by atoms with E-state index in [0.29, 0.717) is 6.54 Å². The van der Waals surface area contributed by atoms with Crippen molar-refractivity contribution in [2.45, 2.75) is 50.0 Å². The maximum atomic E-state index is 13.1. The first kappa shape index (κ1) is 17.8. The van der Waals surface area contributed by atoms with Crippen LogP contribution in [-0.2, 0) is 10.0 Å². The molecule has 1 aromatic carbocycles. The Morgan fingerprint density at radius 3 is 2.42 bits per heavy atom. The summed E-state index contributed by atoms with van der Waals surface area (Å²) in [5, 5.41) is 0. The number of hydrogen-bond acceptors (Lipinski definition) is 3. The average molecular weight is 353 g/mol. The highest BCUT2D eigenvalue weighted by molar-refractivity contribution is 7.89. The van der Waals surface area contributed by atoms with Gasteiger partial charge in [-0.2, -0.15) is 4.31 Å². The van der Waals surface area contributed by atoms with Gasteiger partial charge >= 0.3 is 0 Å². The first-order chi connectivity index (χ1) is 11.5. The molecule has 6 heteroatoms. The maximum Gasteiger partial charge on any atom is 0.243 e. The van der Waals surface area contributed by atoms with Crippen LogP contribution in [0.15, 0.2) is 29.2 Å². The molecule has 1 atom stereocenters. The van der Waals surface area contributed by atoms with Crippen LogP contribution >= 0.6 is 0 Å². The van der Waals surface area contributed by atoms with Crippen molar-refractivity contribution in [1.29, 1.82) is 0 Å². The molecule has 1 aromatic rings. The molecule has 0 aromatic heterocycles.